The second-order valence-corrected chi connectivity index (χ2v) is 7.35. The number of amides is 1. The number of ether oxygens (including phenoxy) is 1. The monoisotopic (exact) mass is 413 g/mol. The minimum atomic E-state index is -1.11. The van der Waals surface area contributed by atoms with E-state index in [9.17, 15) is 13.6 Å². The summed E-state index contributed by atoms with van der Waals surface area (Å²) in [5.41, 5.74) is 2.67. The summed E-state index contributed by atoms with van der Waals surface area (Å²) in [5.74, 6) is -1.33. The molecular formula is C22H21F2N3O3. The molecule has 0 radical (unpaired) electrons. The first-order valence-electron chi connectivity index (χ1n) is 9.69. The van der Waals surface area contributed by atoms with Crippen LogP contribution in [0.15, 0.2) is 42.6 Å². The van der Waals surface area contributed by atoms with Crippen molar-refractivity contribution in [1.82, 2.24) is 15.1 Å². The Morgan fingerprint density at radius 3 is 2.60 bits per heavy atom. The highest BCUT2D eigenvalue weighted by Crippen LogP contribution is 2.30. The van der Waals surface area contributed by atoms with E-state index in [1.807, 2.05) is 19.1 Å². The number of carbonyl (C=O) groups is 1. The zero-order valence-corrected chi connectivity index (χ0v) is 16.4. The highest BCUT2D eigenvalue weighted by atomic mass is 19.1. The molecule has 1 aliphatic rings. The van der Waals surface area contributed by atoms with Crippen molar-refractivity contribution in [3.8, 4) is 22.7 Å². The Kier molecular flexibility index (Phi) is 5.39. The summed E-state index contributed by atoms with van der Waals surface area (Å²) in [7, 11) is 0. The fraction of sp³-hybridized carbons (Fsp3) is 0.273. The van der Waals surface area contributed by atoms with Gasteiger partial charge < -0.3 is 15.2 Å². The van der Waals surface area contributed by atoms with Crippen molar-refractivity contribution in [1.29, 1.82) is 0 Å². The third-order valence-corrected chi connectivity index (χ3v) is 5.24. The zero-order chi connectivity index (χ0) is 21.3. The van der Waals surface area contributed by atoms with Gasteiger partial charge in [0.1, 0.15) is 11.4 Å². The van der Waals surface area contributed by atoms with Crippen LogP contribution in [-0.2, 0) is 6.54 Å². The van der Waals surface area contributed by atoms with Crippen molar-refractivity contribution < 1.29 is 23.4 Å². The lowest BCUT2D eigenvalue weighted by molar-refractivity contribution is 0.119. The first kappa shape index (κ1) is 19.9. The minimum Gasteiger partial charge on any atom is -0.490 e. The third kappa shape index (κ3) is 4.12. The molecule has 1 fully saturated rings. The lowest BCUT2D eigenvalue weighted by atomic mass is 9.96. The molecule has 0 unspecified atom stereocenters. The summed E-state index contributed by atoms with van der Waals surface area (Å²) in [6, 6.07) is 9.49. The fourth-order valence-corrected chi connectivity index (χ4v) is 3.30. The Bertz CT molecular complexity index is 1070. The smallest absolute Gasteiger partial charge is 0.404 e. The Morgan fingerprint density at radius 2 is 1.97 bits per heavy atom. The van der Waals surface area contributed by atoms with Crippen LogP contribution in [0.5, 0.6) is 5.75 Å². The van der Waals surface area contributed by atoms with Crippen molar-refractivity contribution in [2.45, 2.75) is 38.8 Å². The summed E-state index contributed by atoms with van der Waals surface area (Å²) < 4.78 is 36.0. The van der Waals surface area contributed by atoms with Gasteiger partial charge in [0.05, 0.1) is 11.8 Å². The Morgan fingerprint density at radius 1 is 1.23 bits per heavy atom. The number of carboxylic acid groups (broad SMARTS) is 1. The summed E-state index contributed by atoms with van der Waals surface area (Å²) in [6.45, 7) is 2.03. The van der Waals surface area contributed by atoms with E-state index in [4.69, 9.17) is 9.84 Å². The molecule has 2 N–H and O–H groups in total. The van der Waals surface area contributed by atoms with Gasteiger partial charge in [-0.15, -0.1) is 0 Å². The average Bonchev–Trinajstić information content (AvgIpc) is 3.13. The highest BCUT2D eigenvalue weighted by molar-refractivity contribution is 5.65. The predicted molar refractivity (Wildman–Crippen MR) is 107 cm³/mol. The maximum absolute atomic E-state index is 14.6. The zero-order valence-electron chi connectivity index (χ0n) is 16.4. The van der Waals surface area contributed by atoms with Gasteiger partial charge in [-0.05, 0) is 49.4 Å². The molecule has 0 aliphatic heterocycles. The van der Waals surface area contributed by atoms with Gasteiger partial charge in [0.2, 0.25) is 0 Å². The summed E-state index contributed by atoms with van der Waals surface area (Å²) in [6.07, 6.45) is 3.26. The number of aryl methyl sites for hydroxylation is 1. The van der Waals surface area contributed by atoms with E-state index >= 15 is 0 Å². The van der Waals surface area contributed by atoms with Crippen molar-refractivity contribution in [3.05, 3.63) is 65.4 Å². The van der Waals surface area contributed by atoms with Gasteiger partial charge in [-0.25, -0.2) is 18.3 Å². The number of halogens is 2. The van der Waals surface area contributed by atoms with Gasteiger partial charge in [-0.3, -0.25) is 0 Å². The van der Waals surface area contributed by atoms with Gasteiger partial charge in [-0.1, -0.05) is 12.1 Å². The number of rotatable bonds is 6. The average molecular weight is 413 g/mol. The van der Waals surface area contributed by atoms with Crippen LogP contribution in [0.1, 0.15) is 30.4 Å². The lowest BCUT2D eigenvalue weighted by Crippen LogP contribution is -2.24. The molecule has 0 bridgehead atoms. The molecule has 30 heavy (non-hydrogen) atoms. The lowest BCUT2D eigenvalue weighted by Gasteiger charge is -2.26. The summed E-state index contributed by atoms with van der Waals surface area (Å²) in [5, 5.41) is 15.5. The van der Waals surface area contributed by atoms with Crippen LogP contribution in [0.2, 0.25) is 0 Å². The van der Waals surface area contributed by atoms with Crippen LogP contribution in [-0.4, -0.2) is 27.1 Å². The molecule has 1 heterocycles. The molecular weight excluding hydrogens is 392 g/mol. The van der Waals surface area contributed by atoms with Crippen LogP contribution < -0.4 is 10.1 Å². The van der Waals surface area contributed by atoms with E-state index in [1.165, 1.54) is 18.3 Å². The van der Waals surface area contributed by atoms with E-state index in [1.54, 1.807) is 12.1 Å². The molecule has 1 aromatic heterocycles. The summed E-state index contributed by atoms with van der Waals surface area (Å²) in [4.78, 5) is 10.8. The molecule has 8 heteroatoms. The molecule has 2 aromatic carbocycles. The molecule has 1 saturated carbocycles. The summed E-state index contributed by atoms with van der Waals surface area (Å²) >= 11 is 0. The largest absolute Gasteiger partial charge is 0.490 e. The highest BCUT2D eigenvalue weighted by Gasteiger charge is 2.21. The fourth-order valence-electron chi connectivity index (χ4n) is 3.30. The normalized spacial score (nSPS) is 13.7. The number of aromatic nitrogens is 2. The maximum atomic E-state index is 14.6. The second-order valence-electron chi connectivity index (χ2n) is 7.35. The molecule has 156 valence electrons. The van der Waals surface area contributed by atoms with E-state index < -0.39 is 17.7 Å². The standard InChI is InChI=1S/C22H21F2N3O3/c1-13-5-6-14(9-15(13)12-25-22(28)29)20-7-8-27(26-20)21-18(23)10-17(11-19(21)24)30-16-3-2-4-16/h5-11,16,25H,2-4,12H2,1H3,(H,28,29). The molecule has 1 aliphatic carbocycles. The van der Waals surface area contributed by atoms with Gasteiger partial charge in [-0.2, -0.15) is 5.10 Å². The van der Waals surface area contributed by atoms with Crippen molar-refractivity contribution >= 4 is 6.09 Å². The molecule has 0 saturated heterocycles. The van der Waals surface area contributed by atoms with Crippen molar-refractivity contribution in [3.63, 3.8) is 0 Å². The number of nitrogens with one attached hydrogen (secondary N) is 1. The molecule has 6 nitrogen and oxygen atoms in total. The third-order valence-electron chi connectivity index (χ3n) is 5.24. The number of hydrogen-bond acceptors (Lipinski definition) is 3. The minimum absolute atomic E-state index is 0.0253. The van der Waals surface area contributed by atoms with Crippen LogP contribution in [0.25, 0.3) is 16.9 Å². The molecule has 3 aromatic rings. The van der Waals surface area contributed by atoms with E-state index in [2.05, 4.69) is 10.4 Å². The van der Waals surface area contributed by atoms with Crippen LogP contribution in [0, 0.1) is 18.6 Å². The Hall–Kier alpha value is -3.42. The van der Waals surface area contributed by atoms with Crippen LogP contribution >= 0.6 is 0 Å². The number of nitrogens with zero attached hydrogens (tertiary/aromatic N) is 2. The quantitative estimate of drug-likeness (QED) is 0.607. The van der Waals surface area contributed by atoms with Gasteiger partial charge in [0, 0.05) is 30.4 Å². The maximum Gasteiger partial charge on any atom is 0.404 e. The van der Waals surface area contributed by atoms with E-state index in [-0.39, 0.29) is 24.1 Å². The second kappa shape index (κ2) is 8.14. The molecule has 1 amide bonds. The topological polar surface area (TPSA) is 76.4 Å². The Balaban J connectivity index is 1.60. The predicted octanol–water partition coefficient (Wildman–Crippen LogP) is 4.82. The first-order chi connectivity index (χ1) is 14.4. The molecule has 0 spiro atoms. The van der Waals surface area contributed by atoms with Crippen molar-refractivity contribution in [2.75, 3.05) is 0 Å². The number of benzene rings is 2. The SMILES string of the molecule is Cc1ccc(-c2ccn(-c3c(F)cc(OC4CCC4)cc3F)n2)cc1CNC(=O)O. The number of hydrogen-bond donors (Lipinski definition) is 2. The van der Waals surface area contributed by atoms with Crippen LogP contribution in [0.3, 0.4) is 0 Å². The molecule has 0 atom stereocenters. The molecule has 4 rings (SSSR count). The Labute approximate surface area is 172 Å². The van der Waals surface area contributed by atoms with E-state index in [0.29, 0.717) is 11.3 Å². The van der Waals surface area contributed by atoms with Crippen molar-refractivity contribution in [2.24, 2.45) is 0 Å². The van der Waals surface area contributed by atoms with Gasteiger partial charge in [0.25, 0.3) is 0 Å². The van der Waals surface area contributed by atoms with Crippen LogP contribution in [0.4, 0.5) is 13.6 Å². The van der Waals surface area contributed by atoms with E-state index in [0.717, 1.165) is 35.1 Å². The van der Waals surface area contributed by atoms with Gasteiger partial charge in [0.15, 0.2) is 11.6 Å². The van der Waals surface area contributed by atoms with Gasteiger partial charge >= 0.3 is 6.09 Å². The first-order valence-corrected chi connectivity index (χ1v) is 9.69.